The Morgan fingerprint density at radius 3 is 3.00 bits per heavy atom. The fourth-order valence-corrected chi connectivity index (χ4v) is 1.86. The second-order valence-corrected chi connectivity index (χ2v) is 4.68. The lowest BCUT2D eigenvalue weighted by Gasteiger charge is -2.26. The van der Waals surface area contributed by atoms with Crippen LogP contribution in [0.4, 0.5) is 0 Å². The van der Waals surface area contributed by atoms with Gasteiger partial charge in [0.25, 0.3) is 0 Å². The van der Waals surface area contributed by atoms with Crippen molar-refractivity contribution in [2.24, 2.45) is 5.41 Å². The third-order valence-corrected chi connectivity index (χ3v) is 3.05. The van der Waals surface area contributed by atoms with Gasteiger partial charge in [0.05, 0.1) is 6.61 Å². The van der Waals surface area contributed by atoms with Crippen LogP contribution in [-0.2, 0) is 14.3 Å². The minimum absolute atomic E-state index is 0.106. The first-order valence-corrected chi connectivity index (χ1v) is 5.86. The second kappa shape index (κ2) is 4.83. The molecular weight excluding hydrogens is 204 g/mol. The first-order valence-electron chi connectivity index (χ1n) is 5.86. The zero-order chi connectivity index (χ0) is 11.4. The van der Waals surface area contributed by atoms with Crippen LogP contribution in [0.5, 0.6) is 0 Å². The van der Waals surface area contributed by atoms with Gasteiger partial charge in [-0.1, -0.05) is 6.08 Å². The maximum Gasteiger partial charge on any atom is 0.199 e. The van der Waals surface area contributed by atoms with Crippen molar-refractivity contribution in [3.8, 4) is 0 Å². The van der Waals surface area contributed by atoms with Crippen molar-refractivity contribution in [1.29, 1.82) is 0 Å². The molecule has 1 aliphatic heterocycles. The molecule has 0 aromatic carbocycles. The Balaban J connectivity index is 1.88. The molecule has 0 aromatic heterocycles. The maximum atomic E-state index is 10.8. The van der Waals surface area contributed by atoms with Crippen LogP contribution >= 0.6 is 0 Å². The lowest BCUT2D eigenvalue weighted by molar-refractivity contribution is -0.136. The van der Waals surface area contributed by atoms with Gasteiger partial charge in [-0.2, -0.15) is 0 Å². The number of rotatable bonds is 3. The van der Waals surface area contributed by atoms with E-state index in [0.717, 1.165) is 37.9 Å². The van der Waals surface area contributed by atoms with Gasteiger partial charge in [-0.25, -0.2) is 0 Å². The fourth-order valence-electron chi connectivity index (χ4n) is 1.86. The first-order chi connectivity index (χ1) is 7.72. The predicted molar refractivity (Wildman–Crippen MR) is 60.7 cm³/mol. The summed E-state index contributed by atoms with van der Waals surface area (Å²) in [6, 6.07) is 0. The van der Waals surface area contributed by atoms with Gasteiger partial charge in [-0.15, -0.1) is 0 Å². The SMILES string of the molecule is CC1(C=O)C=CC(OC2CCCCO2)=CC1. The van der Waals surface area contributed by atoms with Crippen LogP contribution in [0.3, 0.4) is 0 Å². The molecule has 3 heteroatoms. The minimum atomic E-state index is -0.361. The third kappa shape index (κ3) is 2.73. The molecule has 0 amide bonds. The monoisotopic (exact) mass is 222 g/mol. The molecule has 2 atom stereocenters. The van der Waals surface area contributed by atoms with Crippen molar-refractivity contribution in [2.45, 2.75) is 38.9 Å². The predicted octanol–water partition coefficient (Wildman–Crippen LogP) is 2.58. The van der Waals surface area contributed by atoms with Gasteiger partial charge in [-0.05, 0) is 38.3 Å². The Morgan fingerprint density at radius 2 is 2.44 bits per heavy atom. The van der Waals surface area contributed by atoms with E-state index >= 15 is 0 Å². The number of carbonyl (C=O) groups is 1. The van der Waals surface area contributed by atoms with E-state index in [1.165, 1.54) is 0 Å². The Hall–Kier alpha value is -1.09. The Morgan fingerprint density at radius 1 is 1.56 bits per heavy atom. The number of hydrogen-bond acceptors (Lipinski definition) is 3. The summed E-state index contributed by atoms with van der Waals surface area (Å²) in [5, 5.41) is 0. The number of ether oxygens (including phenoxy) is 2. The van der Waals surface area contributed by atoms with Crippen LogP contribution < -0.4 is 0 Å². The topological polar surface area (TPSA) is 35.5 Å². The maximum absolute atomic E-state index is 10.8. The molecular formula is C13H18O3. The molecule has 0 N–H and O–H groups in total. The van der Waals surface area contributed by atoms with Crippen LogP contribution in [-0.4, -0.2) is 19.2 Å². The molecule has 2 unspecified atom stereocenters. The highest BCUT2D eigenvalue weighted by Gasteiger charge is 2.23. The van der Waals surface area contributed by atoms with Crippen LogP contribution in [0.1, 0.15) is 32.6 Å². The largest absolute Gasteiger partial charge is 0.465 e. The van der Waals surface area contributed by atoms with Gasteiger partial charge in [0, 0.05) is 11.8 Å². The summed E-state index contributed by atoms with van der Waals surface area (Å²) in [7, 11) is 0. The molecule has 2 rings (SSSR count). The Kier molecular flexibility index (Phi) is 3.44. The summed E-state index contributed by atoms with van der Waals surface area (Å²) < 4.78 is 11.2. The summed E-state index contributed by atoms with van der Waals surface area (Å²) in [5.74, 6) is 0.825. The van der Waals surface area contributed by atoms with E-state index in [1.54, 1.807) is 0 Å². The van der Waals surface area contributed by atoms with Crippen molar-refractivity contribution in [1.82, 2.24) is 0 Å². The Labute approximate surface area is 96.1 Å². The molecule has 1 heterocycles. The van der Waals surface area contributed by atoms with Crippen molar-refractivity contribution in [3.63, 3.8) is 0 Å². The van der Waals surface area contributed by atoms with Gasteiger partial charge in [0.1, 0.15) is 12.0 Å². The van der Waals surface area contributed by atoms with Crippen LogP contribution in [0.25, 0.3) is 0 Å². The molecule has 1 saturated heterocycles. The number of hydrogen-bond donors (Lipinski definition) is 0. The summed E-state index contributed by atoms with van der Waals surface area (Å²) in [6.07, 6.45) is 10.6. The highest BCUT2D eigenvalue weighted by molar-refractivity contribution is 5.63. The normalized spacial score (nSPS) is 34.3. The number of aldehydes is 1. The van der Waals surface area contributed by atoms with Gasteiger partial charge in [0.2, 0.25) is 0 Å². The van der Waals surface area contributed by atoms with Crippen molar-refractivity contribution < 1.29 is 14.3 Å². The van der Waals surface area contributed by atoms with E-state index in [1.807, 2.05) is 25.2 Å². The smallest absolute Gasteiger partial charge is 0.199 e. The first kappa shape index (κ1) is 11.4. The van der Waals surface area contributed by atoms with E-state index in [9.17, 15) is 4.79 Å². The molecule has 1 fully saturated rings. The zero-order valence-corrected chi connectivity index (χ0v) is 9.65. The van der Waals surface area contributed by atoms with Crippen molar-refractivity contribution in [2.75, 3.05) is 6.61 Å². The summed E-state index contributed by atoms with van der Waals surface area (Å²) in [5.41, 5.74) is -0.361. The molecule has 0 aromatic rings. The molecule has 88 valence electrons. The van der Waals surface area contributed by atoms with E-state index in [-0.39, 0.29) is 11.7 Å². The van der Waals surface area contributed by atoms with Crippen LogP contribution in [0.15, 0.2) is 24.0 Å². The lowest BCUT2D eigenvalue weighted by atomic mass is 9.85. The van der Waals surface area contributed by atoms with E-state index < -0.39 is 0 Å². The van der Waals surface area contributed by atoms with E-state index in [0.29, 0.717) is 6.42 Å². The fraction of sp³-hybridized carbons (Fsp3) is 0.615. The number of allylic oxidation sites excluding steroid dienone is 3. The van der Waals surface area contributed by atoms with Crippen molar-refractivity contribution >= 4 is 6.29 Å². The van der Waals surface area contributed by atoms with Crippen LogP contribution in [0.2, 0.25) is 0 Å². The highest BCUT2D eigenvalue weighted by Crippen LogP contribution is 2.28. The molecule has 0 saturated carbocycles. The van der Waals surface area contributed by atoms with Gasteiger partial charge in [0.15, 0.2) is 6.29 Å². The van der Waals surface area contributed by atoms with Gasteiger partial charge >= 0.3 is 0 Å². The standard InChI is InChI=1S/C13H18O3/c1-13(10-14)7-5-11(6-8-13)16-12-4-2-3-9-15-12/h5-7,10,12H,2-4,8-9H2,1H3. The van der Waals surface area contributed by atoms with E-state index in [2.05, 4.69) is 0 Å². The highest BCUT2D eigenvalue weighted by atomic mass is 16.7. The molecule has 16 heavy (non-hydrogen) atoms. The average molecular weight is 222 g/mol. The molecule has 0 spiro atoms. The quantitative estimate of drug-likeness (QED) is 0.688. The molecule has 0 radical (unpaired) electrons. The minimum Gasteiger partial charge on any atom is -0.465 e. The molecule has 1 aliphatic carbocycles. The molecule has 3 nitrogen and oxygen atoms in total. The summed E-state index contributed by atoms with van der Waals surface area (Å²) in [4.78, 5) is 10.8. The van der Waals surface area contributed by atoms with Crippen molar-refractivity contribution in [3.05, 3.63) is 24.0 Å². The summed E-state index contributed by atoms with van der Waals surface area (Å²) in [6.45, 7) is 2.70. The zero-order valence-electron chi connectivity index (χ0n) is 9.65. The number of carbonyl (C=O) groups excluding carboxylic acids is 1. The van der Waals surface area contributed by atoms with Gasteiger partial charge in [-0.3, -0.25) is 0 Å². The summed E-state index contributed by atoms with van der Waals surface area (Å²) >= 11 is 0. The lowest BCUT2D eigenvalue weighted by Crippen LogP contribution is -2.23. The average Bonchev–Trinajstić information content (AvgIpc) is 2.34. The van der Waals surface area contributed by atoms with Gasteiger partial charge < -0.3 is 14.3 Å². The molecule has 0 bridgehead atoms. The molecule has 2 aliphatic rings. The third-order valence-electron chi connectivity index (χ3n) is 3.05. The second-order valence-electron chi connectivity index (χ2n) is 4.68. The van der Waals surface area contributed by atoms with Crippen LogP contribution in [0, 0.1) is 5.41 Å². The van der Waals surface area contributed by atoms with E-state index in [4.69, 9.17) is 9.47 Å². The Bertz CT molecular complexity index is 313.